The lowest BCUT2D eigenvalue weighted by molar-refractivity contribution is -0.334. The Balaban J connectivity index is 2.92. The van der Waals surface area contributed by atoms with Gasteiger partial charge in [0.1, 0.15) is 0 Å². The van der Waals surface area contributed by atoms with Crippen LogP contribution in [0.4, 0.5) is 87.8 Å². The van der Waals surface area contributed by atoms with Crippen LogP contribution in [0.3, 0.4) is 0 Å². The van der Waals surface area contributed by atoms with Crippen LogP contribution in [-0.2, 0) is 11.3 Å². The van der Waals surface area contributed by atoms with Gasteiger partial charge in [-0.05, 0) is 0 Å². The number of halogens is 20. The molecular formula is C18F20. The summed E-state index contributed by atoms with van der Waals surface area (Å²) in [5.41, 5.74) is -31.1. The molecule has 0 bridgehead atoms. The van der Waals surface area contributed by atoms with E-state index in [0.29, 0.717) is 0 Å². The molecule has 1 aliphatic rings. The van der Waals surface area contributed by atoms with Gasteiger partial charge in [0.25, 0.3) is 0 Å². The second-order valence-corrected chi connectivity index (χ2v) is 7.47. The van der Waals surface area contributed by atoms with E-state index in [1.807, 2.05) is 0 Å². The summed E-state index contributed by atoms with van der Waals surface area (Å²) in [5, 5.41) is 0. The van der Waals surface area contributed by atoms with Gasteiger partial charge in [0.15, 0.2) is 46.5 Å². The van der Waals surface area contributed by atoms with Gasteiger partial charge in [0.2, 0.25) is 11.3 Å². The first-order valence-electron chi connectivity index (χ1n) is 8.78. The van der Waals surface area contributed by atoms with Gasteiger partial charge in [-0.1, -0.05) is 0 Å². The monoisotopic (exact) mass is 596 g/mol. The van der Waals surface area contributed by atoms with E-state index in [2.05, 4.69) is 0 Å². The maximum atomic E-state index is 15.8. The summed E-state index contributed by atoms with van der Waals surface area (Å²) in [6.07, 6.45) is -15.3. The Bertz CT molecular complexity index is 1170. The largest absolute Gasteiger partial charge is 0.457 e. The fraction of sp³-hybridized carbons (Fsp3) is 0.333. The predicted molar refractivity (Wildman–Crippen MR) is 78.3 cm³/mol. The molecule has 2 aromatic carbocycles. The fourth-order valence-corrected chi connectivity index (χ4v) is 3.83. The van der Waals surface area contributed by atoms with Crippen LogP contribution in [0.5, 0.6) is 0 Å². The van der Waals surface area contributed by atoms with E-state index in [0.717, 1.165) is 0 Å². The molecule has 1 aliphatic carbocycles. The summed E-state index contributed by atoms with van der Waals surface area (Å²) < 4.78 is 281. The van der Waals surface area contributed by atoms with Gasteiger partial charge in [-0.25, -0.2) is 43.9 Å². The van der Waals surface area contributed by atoms with Crippen LogP contribution in [0.1, 0.15) is 22.3 Å². The highest BCUT2D eigenvalue weighted by atomic mass is 19.4. The molecule has 0 heterocycles. The quantitative estimate of drug-likeness (QED) is 0.188. The van der Waals surface area contributed by atoms with Gasteiger partial charge >= 0.3 is 24.2 Å². The molecule has 3 rings (SSSR count). The Kier molecular flexibility index (Phi) is 6.07. The molecule has 0 amide bonds. The molecule has 0 radical (unpaired) electrons. The summed E-state index contributed by atoms with van der Waals surface area (Å²) >= 11 is 0. The fourth-order valence-electron chi connectivity index (χ4n) is 3.83. The average Bonchev–Trinajstić information content (AvgIpc) is 2.77. The van der Waals surface area contributed by atoms with E-state index in [1.165, 1.54) is 0 Å². The lowest BCUT2D eigenvalue weighted by Crippen LogP contribution is -2.62. The summed E-state index contributed by atoms with van der Waals surface area (Å²) in [4.78, 5) is 0. The second-order valence-electron chi connectivity index (χ2n) is 7.47. The first-order chi connectivity index (χ1) is 16.8. The molecular weight excluding hydrogens is 596 g/mol. The Morgan fingerprint density at radius 3 is 0.605 bits per heavy atom. The SMILES string of the molecule is Fc1c(F)c(F)c2c(c1F)C(F)(C(F)(F)C(F)(F)F)c1c(F)c(F)c(F)c(F)c1C2(F)C(F)(F)C(F)(F)F. The lowest BCUT2D eigenvalue weighted by atomic mass is 9.63. The van der Waals surface area contributed by atoms with E-state index in [1.54, 1.807) is 0 Å². The lowest BCUT2D eigenvalue weighted by Gasteiger charge is -2.47. The zero-order valence-corrected chi connectivity index (χ0v) is 16.6. The topological polar surface area (TPSA) is 0 Å². The summed E-state index contributed by atoms with van der Waals surface area (Å²) in [7, 11) is 0. The van der Waals surface area contributed by atoms with Crippen molar-refractivity contribution in [2.75, 3.05) is 0 Å². The van der Waals surface area contributed by atoms with Crippen molar-refractivity contribution in [1.29, 1.82) is 0 Å². The van der Waals surface area contributed by atoms with Gasteiger partial charge in [-0.15, -0.1) is 0 Å². The molecule has 0 fully saturated rings. The van der Waals surface area contributed by atoms with Crippen molar-refractivity contribution in [1.82, 2.24) is 0 Å². The molecule has 0 saturated carbocycles. The summed E-state index contributed by atoms with van der Waals surface area (Å²) in [5.74, 6) is -46.9. The maximum Gasteiger partial charge on any atom is 0.457 e. The van der Waals surface area contributed by atoms with Crippen molar-refractivity contribution >= 4 is 0 Å². The van der Waals surface area contributed by atoms with Crippen LogP contribution in [0.2, 0.25) is 0 Å². The Labute approximate surface area is 193 Å². The molecule has 0 unspecified atom stereocenters. The van der Waals surface area contributed by atoms with Crippen molar-refractivity contribution in [2.24, 2.45) is 0 Å². The van der Waals surface area contributed by atoms with Crippen molar-refractivity contribution in [3.63, 3.8) is 0 Å². The van der Waals surface area contributed by atoms with Gasteiger partial charge < -0.3 is 0 Å². The molecule has 0 spiro atoms. The molecule has 20 heteroatoms. The number of hydrogen-bond acceptors (Lipinski definition) is 0. The van der Waals surface area contributed by atoms with Crippen LogP contribution in [0.25, 0.3) is 0 Å². The number of fused-ring (bicyclic) bond motifs is 2. The minimum absolute atomic E-state index is 3.76. The van der Waals surface area contributed by atoms with Crippen molar-refractivity contribution < 1.29 is 87.8 Å². The van der Waals surface area contributed by atoms with Crippen molar-refractivity contribution in [3.8, 4) is 0 Å². The van der Waals surface area contributed by atoms with Gasteiger partial charge in [0.05, 0.1) is 0 Å². The van der Waals surface area contributed by atoms with E-state index < -0.39 is 104 Å². The van der Waals surface area contributed by atoms with Crippen molar-refractivity contribution in [2.45, 2.75) is 35.5 Å². The highest BCUT2D eigenvalue weighted by Gasteiger charge is 2.83. The molecule has 0 N–H and O–H groups in total. The van der Waals surface area contributed by atoms with Crippen LogP contribution in [-0.4, -0.2) is 24.2 Å². The number of rotatable bonds is 2. The van der Waals surface area contributed by atoms with Gasteiger partial charge in [0, 0.05) is 22.3 Å². The highest BCUT2D eigenvalue weighted by molar-refractivity contribution is 5.62. The van der Waals surface area contributed by atoms with Crippen LogP contribution in [0, 0.1) is 46.5 Å². The van der Waals surface area contributed by atoms with Crippen LogP contribution >= 0.6 is 0 Å². The molecule has 0 aliphatic heterocycles. The highest BCUT2D eigenvalue weighted by Crippen LogP contribution is 2.67. The van der Waals surface area contributed by atoms with E-state index >= 15 is 8.78 Å². The molecule has 0 saturated heterocycles. The van der Waals surface area contributed by atoms with Crippen LogP contribution < -0.4 is 0 Å². The molecule has 38 heavy (non-hydrogen) atoms. The zero-order chi connectivity index (χ0) is 29.9. The molecule has 212 valence electrons. The minimum Gasteiger partial charge on any atom is -0.226 e. The summed E-state index contributed by atoms with van der Waals surface area (Å²) in [6, 6.07) is 0. The van der Waals surface area contributed by atoms with Crippen LogP contribution in [0.15, 0.2) is 0 Å². The molecule has 0 aromatic heterocycles. The third kappa shape index (κ3) is 3.07. The Morgan fingerprint density at radius 1 is 0.316 bits per heavy atom. The Morgan fingerprint density at radius 2 is 0.474 bits per heavy atom. The smallest absolute Gasteiger partial charge is 0.226 e. The van der Waals surface area contributed by atoms with Gasteiger partial charge in [-0.2, -0.15) is 43.9 Å². The maximum absolute atomic E-state index is 15.8. The molecule has 2 aromatic rings. The summed E-state index contributed by atoms with van der Waals surface area (Å²) in [6.45, 7) is 0. The predicted octanol–water partition coefficient (Wildman–Crippen LogP) is 7.93. The Hall–Kier alpha value is -2.96. The normalized spacial score (nSPS) is 22.4. The van der Waals surface area contributed by atoms with Crippen molar-refractivity contribution in [3.05, 3.63) is 68.8 Å². The number of alkyl halides is 12. The number of benzene rings is 2. The third-order valence-corrected chi connectivity index (χ3v) is 5.49. The second kappa shape index (κ2) is 7.80. The van der Waals surface area contributed by atoms with E-state index in [9.17, 15) is 79.0 Å². The van der Waals surface area contributed by atoms with E-state index in [4.69, 9.17) is 0 Å². The first kappa shape index (κ1) is 29.6. The van der Waals surface area contributed by atoms with E-state index in [-0.39, 0.29) is 0 Å². The minimum atomic E-state index is -7.76. The zero-order valence-electron chi connectivity index (χ0n) is 16.6. The number of hydrogen-bond donors (Lipinski definition) is 0. The molecule has 0 atom stereocenters. The third-order valence-electron chi connectivity index (χ3n) is 5.49. The standard InChI is InChI=1S/C18F20/c19-5-1-2(6(20)10(24)9(5)23)14(28,16(31,32)18(36,37)38)4-3(7(21)11(25)12(26)8(4)22)13(1,27)15(29,30)17(33,34)35. The molecule has 0 nitrogen and oxygen atoms in total. The average molecular weight is 596 g/mol. The first-order valence-corrected chi connectivity index (χ1v) is 8.78. The van der Waals surface area contributed by atoms with Gasteiger partial charge in [-0.3, -0.25) is 0 Å².